The fourth-order valence-electron chi connectivity index (χ4n) is 4.98. The summed E-state index contributed by atoms with van der Waals surface area (Å²) in [6, 6.07) is 17.4. The van der Waals surface area contributed by atoms with Crippen molar-refractivity contribution in [2.24, 2.45) is 0 Å². The summed E-state index contributed by atoms with van der Waals surface area (Å²) in [7, 11) is 0. The number of pyridine rings is 1. The molecule has 1 saturated heterocycles. The van der Waals surface area contributed by atoms with Gasteiger partial charge in [0.2, 0.25) is 0 Å². The number of hydrogen-bond acceptors (Lipinski definition) is 6. The molecule has 206 valence electrons. The second kappa shape index (κ2) is 12.2. The summed E-state index contributed by atoms with van der Waals surface area (Å²) in [5.74, 6) is -2.15. The van der Waals surface area contributed by atoms with Crippen LogP contribution in [-0.4, -0.2) is 49.0 Å². The van der Waals surface area contributed by atoms with Crippen molar-refractivity contribution >= 4 is 34.0 Å². The van der Waals surface area contributed by atoms with E-state index in [2.05, 4.69) is 15.2 Å². The molecule has 0 radical (unpaired) electrons. The Morgan fingerprint density at radius 2 is 1.75 bits per heavy atom. The molecule has 1 atom stereocenters. The van der Waals surface area contributed by atoms with Crippen molar-refractivity contribution in [1.29, 1.82) is 0 Å². The summed E-state index contributed by atoms with van der Waals surface area (Å²) in [6.45, 7) is 2.42. The largest absolute Gasteiger partial charge is 0.383 e. The Hall–Kier alpha value is -4.37. The van der Waals surface area contributed by atoms with Crippen LogP contribution in [0.5, 0.6) is 0 Å². The van der Waals surface area contributed by atoms with E-state index in [0.717, 1.165) is 34.2 Å². The first-order valence-corrected chi connectivity index (χ1v) is 13.2. The molecular weight excluding hydrogens is 514 g/mol. The predicted octanol–water partition coefficient (Wildman–Crippen LogP) is 4.47. The number of morpholine rings is 1. The van der Waals surface area contributed by atoms with E-state index in [-0.39, 0.29) is 18.6 Å². The molecule has 9 heteroatoms. The number of fused-ring (bicyclic) bond motifs is 1. The maximum Gasteiger partial charge on any atom is 0.253 e. The number of ether oxygens (including phenoxy) is 1. The maximum atomic E-state index is 14.0. The molecule has 5 rings (SSSR count). The summed E-state index contributed by atoms with van der Waals surface area (Å²) in [5, 5.41) is 4.63. The summed E-state index contributed by atoms with van der Waals surface area (Å²) >= 11 is 0. The normalized spacial score (nSPS) is 14.2. The highest BCUT2D eigenvalue weighted by Gasteiger charge is 2.25. The number of aromatic nitrogens is 1. The number of anilines is 2. The minimum absolute atomic E-state index is 0.0292. The number of carbonyl (C=O) groups excluding carboxylic acids is 2. The fourth-order valence-corrected chi connectivity index (χ4v) is 4.98. The number of para-hydroxylation sites is 1. The Balaban J connectivity index is 1.36. The number of halogens is 2. The smallest absolute Gasteiger partial charge is 0.253 e. The minimum Gasteiger partial charge on any atom is -0.383 e. The molecule has 3 N–H and O–H groups in total. The molecule has 3 aromatic carbocycles. The maximum absolute atomic E-state index is 14.0. The quantitative estimate of drug-likeness (QED) is 0.323. The molecule has 0 spiro atoms. The third kappa shape index (κ3) is 6.26. The van der Waals surface area contributed by atoms with Gasteiger partial charge in [-0.05, 0) is 59.7 Å². The summed E-state index contributed by atoms with van der Waals surface area (Å²) in [5.41, 5.74) is 8.49. The van der Waals surface area contributed by atoms with Gasteiger partial charge in [-0.2, -0.15) is 0 Å². The number of nitrogen functional groups attached to an aromatic ring is 1. The van der Waals surface area contributed by atoms with Crippen LogP contribution >= 0.6 is 0 Å². The van der Waals surface area contributed by atoms with Gasteiger partial charge in [0.1, 0.15) is 5.82 Å². The van der Waals surface area contributed by atoms with Crippen LogP contribution in [-0.2, 0) is 22.4 Å². The first-order chi connectivity index (χ1) is 19.4. The third-order valence-electron chi connectivity index (χ3n) is 7.14. The highest BCUT2D eigenvalue weighted by Crippen LogP contribution is 2.23. The molecule has 0 saturated carbocycles. The van der Waals surface area contributed by atoms with Gasteiger partial charge in [0.05, 0.1) is 24.8 Å². The third-order valence-corrected chi connectivity index (χ3v) is 7.14. The molecule has 1 aromatic heterocycles. The number of Topliss-reactive ketones (excluding diaryl/α,β-unsaturated/α-hetero) is 1. The van der Waals surface area contributed by atoms with Crippen LogP contribution < -0.4 is 16.0 Å². The molecule has 1 aliphatic heterocycles. The molecule has 1 fully saturated rings. The van der Waals surface area contributed by atoms with Gasteiger partial charge in [0.15, 0.2) is 17.4 Å². The minimum atomic E-state index is -1.00. The van der Waals surface area contributed by atoms with Crippen LogP contribution in [0.1, 0.15) is 27.9 Å². The molecule has 4 aromatic rings. The van der Waals surface area contributed by atoms with Crippen LogP contribution in [0.15, 0.2) is 72.9 Å². The van der Waals surface area contributed by atoms with Gasteiger partial charge in [-0.15, -0.1) is 0 Å². The second-order valence-corrected chi connectivity index (χ2v) is 9.81. The van der Waals surface area contributed by atoms with Gasteiger partial charge < -0.3 is 20.7 Å². The monoisotopic (exact) mass is 544 g/mol. The van der Waals surface area contributed by atoms with Crippen molar-refractivity contribution < 1.29 is 23.1 Å². The van der Waals surface area contributed by atoms with Crippen molar-refractivity contribution in [3.05, 3.63) is 101 Å². The zero-order valence-electron chi connectivity index (χ0n) is 21.9. The number of nitrogens with one attached hydrogen (secondary N) is 1. The number of aryl methyl sites for hydroxylation is 1. The Morgan fingerprint density at radius 1 is 0.975 bits per heavy atom. The number of carbonyl (C=O) groups is 2. The number of ketones is 1. The van der Waals surface area contributed by atoms with Crippen molar-refractivity contribution in [3.8, 4) is 0 Å². The predicted molar refractivity (Wildman–Crippen MR) is 150 cm³/mol. The fraction of sp³-hybridized carbons (Fsp3) is 0.258. The molecule has 0 aliphatic carbocycles. The first kappa shape index (κ1) is 27.2. The lowest BCUT2D eigenvalue weighted by atomic mass is 9.96. The van der Waals surface area contributed by atoms with Gasteiger partial charge in [-0.1, -0.05) is 36.4 Å². The average Bonchev–Trinajstić information content (AvgIpc) is 2.98. The Kier molecular flexibility index (Phi) is 8.31. The highest BCUT2D eigenvalue weighted by molar-refractivity contribution is 6.02. The number of hydrogen-bond donors (Lipinski definition) is 2. The molecule has 1 amide bonds. The van der Waals surface area contributed by atoms with E-state index in [9.17, 15) is 18.4 Å². The standard InChI is InChI=1S/C31H30F2N4O3/c32-25-9-6-21(18-26(25)33)19-27(29(38)10-7-20-5-8-23-22(17-20)11-12-35-30(23)34)36-31(39)24-3-1-2-4-28(24)37-13-15-40-16-14-37/h1-6,8-9,11-12,17-18,27H,7,10,13-16,19H2,(H2,34,35)(H,36,39)/t27-/m0/s1. The van der Waals surface area contributed by atoms with Crippen molar-refractivity contribution in [2.45, 2.75) is 25.3 Å². The number of nitrogens with zero attached hydrogens (tertiary/aromatic N) is 2. The lowest BCUT2D eigenvalue weighted by molar-refractivity contribution is -0.120. The lowest BCUT2D eigenvalue weighted by Gasteiger charge is -2.30. The molecule has 0 unspecified atom stereocenters. The van der Waals surface area contributed by atoms with Gasteiger partial charge in [-0.3, -0.25) is 9.59 Å². The summed E-state index contributed by atoms with van der Waals surface area (Å²) in [6.07, 6.45) is 2.24. The average molecular weight is 545 g/mol. The Morgan fingerprint density at radius 3 is 2.55 bits per heavy atom. The molecule has 2 heterocycles. The highest BCUT2D eigenvalue weighted by atomic mass is 19.2. The van der Waals surface area contributed by atoms with Crippen LogP contribution in [0.3, 0.4) is 0 Å². The summed E-state index contributed by atoms with van der Waals surface area (Å²) in [4.78, 5) is 33.2. The number of nitrogens with two attached hydrogens (primary N) is 1. The molecule has 0 bridgehead atoms. The second-order valence-electron chi connectivity index (χ2n) is 9.81. The number of rotatable bonds is 9. The SMILES string of the molecule is Nc1nccc2cc(CCC(=O)[C@H](Cc3ccc(F)c(F)c3)NC(=O)c3ccccc3N3CCOCC3)ccc12. The van der Waals surface area contributed by atoms with E-state index >= 15 is 0 Å². The van der Waals surface area contributed by atoms with Gasteiger partial charge in [0, 0.05) is 36.8 Å². The lowest BCUT2D eigenvalue weighted by Crippen LogP contribution is -2.43. The van der Waals surface area contributed by atoms with Crippen molar-refractivity contribution in [3.63, 3.8) is 0 Å². The van der Waals surface area contributed by atoms with E-state index in [1.165, 1.54) is 6.07 Å². The molecule has 40 heavy (non-hydrogen) atoms. The first-order valence-electron chi connectivity index (χ1n) is 13.2. The number of amides is 1. The van der Waals surface area contributed by atoms with E-state index in [1.807, 2.05) is 36.4 Å². The zero-order valence-corrected chi connectivity index (χ0v) is 21.9. The van der Waals surface area contributed by atoms with Crippen LogP contribution in [0, 0.1) is 11.6 Å². The van der Waals surface area contributed by atoms with Crippen LogP contribution in [0.25, 0.3) is 10.8 Å². The number of benzene rings is 3. The molecule has 1 aliphatic rings. The van der Waals surface area contributed by atoms with E-state index in [4.69, 9.17) is 10.5 Å². The van der Waals surface area contributed by atoms with Crippen LogP contribution in [0.4, 0.5) is 20.3 Å². The topological polar surface area (TPSA) is 97.5 Å². The van der Waals surface area contributed by atoms with Crippen molar-refractivity contribution in [1.82, 2.24) is 10.3 Å². The van der Waals surface area contributed by atoms with E-state index in [1.54, 1.807) is 18.3 Å². The Bertz CT molecular complexity index is 1540. The van der Waals surface area contributed by atoms with Gasteiger partial charge >= 0.3 is 0 Å². The van der Waals surface area contributed by atoms with Crippen molar-refractivity contribution in [2.75, 3.05) is 36.9 Å². The van der Waals surface area contributed by atoms with E-state index in [0.29, 0.717) is 49.7 Å². The Labute approximate surface area is 231 Å². The molecular formula is C31H30F2N4O3. The van der Waals surface area contributed by atoms with E-state index < -0.39 is 23.6 Å². The summed E-state index contributed by atoms with van der Waals surface area (Å²) < 4.78 is 33.0. The van der Waals surface area contributed by atoms with Gasteiger partial charge in [-0.25, -0.2) is 13.8 Å². The zero-order chi connectivity index (χ0) is 28.1. The van der Waals surface area contributed by atoms with Gasteiger partial charge in [0.25, 0.3) is 5.91 Å². The van der Waals surface area contributed by atoms with Crippen LogP contribution in [0.2, 0.25) is 0 Å². The molecule has 7 nitrogen and oxygen atoms in total.